The molecule has 0 saturated carbocycles. The van der Waals surface area contributed by atoms with Gasteiger partial charge in [-0.2, -0.15) is 5.10 Å². The van der Waals surface area contributed by atoms with Crippen molar-refractivity contribution in [1.82, 2.24) is 19.5 Å². The molecule has 2 N–H and O–H groups in total. The van der Waals surface area contributed by atoms with E-state index in [1.807, 2.05) is 0 Å². The fourth-order valence-corrected chi connectivity index (χ4v) is 2.78. The van der Waals surface area contributed by atoms with Crippen molar-refractivity contribution in [2.24, 2.45) is 0 Å². The van der Waals surface area contributed by atoms with Crippen LogP contribution < -0.4 is 10.0 Å². The van der Waals surface area contributed by atoms with Crippen molar-refractivity contribution in [3.63, 3.8) is 0 Å². The van der Waals surface area contributed by atoms with Gasteiger partial charge in [-0.15, -0.1) is 0 Å². The smallest absolute Gasteiger partial charge is 0.244 e. The van der Waals surface area contributed by atoms with Crippen molar-refractivity contribution in [3.8, 4) is 0 Å². The lowest BCUT2D eigenvalue weighted by molar-refractivity contribution is 0.561. The molecule has 8 heteroatoms. The van der Waals surface area contributed by atoms with E-state index in [4.69, 9.17) is 0 Å². The summed E-state index contributed by atoms with van der Waals surface area (Å²) in [5, 5.41) is 6.76. The predicted octanol–water partition coefficient (Wildman–Crippen LogP) is 0.298. The van der Waals surface area contributed by atoms with Gasteiger partial charge in [0.05, 0.1) is 6.54 Å². The van der Waals surface area contributed by atoms with Crippen molar-refractivity contribution >= 4 is 15.8 Å². The monoisotopic (exact) mass is 281 g/mol. The second-order valence-electron chi connectivity index (χ2n) is 3.77. The summed E-state index contributed by atoms with van der Waals surface area (Å²) >= 11 is 0. The Labute approximate surface area is 111 Å². The number of pyridine rings is 1. The van der Waals surface area contributed by atoms with Gasteiger partial charge in [0.15, 0.2) is 0 Å². The van der Waals surface area contributed by atoms with Crippen molar-refractivity contribution in [2.45, 2.75) is 11.4 Å². The summed E-state index contributed by atoms with van der Waals surface area (Å²) in [5.41, 5.74) is 0. The topological polar surface area (TPSA) is 88.9 Å². The highest BCUT2D eigenvalue weighted by molar-refractivity contribution is 7.89. The number of rotatable bonds is 6. The summed E-state index contributed by atoms with van der Waals surface area (Å²) < 4.78 is 28.4. The van der Waals surface area contributed by atoms with Gasteiger partial charge in [0.1, 0.15) is 10.7 Å². The average molecular weight is 281 g/mol. The molecule has 2 aromatic heterocycles. The van der Waals surface area contributed by atoms with E-state index >= 15 is 0 Å². The van der Waals surface area contributed by atoms with Crippen LogP contribution in [0.25, 0.3) is 0 Å². The minimum Gasteiger partial charge on any atom is -0.372 e. The van der Waals surface area contributed by atoms with Gasteiger partial charge in [0.2, 0.25) is 10.0 Å². The quantitative estimate of drug-likeness (QED) is 0.795. The van der Waals surface area contributed by atoms with Crippen LogP contribution in [0.1, 0.15) is 0 Å². The first-order valence-corrected chi connectivity index (χ1v) is 7.21. The molecule has 0 unspecified atom stereocenters. The number of aromatic nitrogens is 3. The number of anilines is 1. The molecule has 0 fully saturated rings. The normalized spacial score (nSPS) is 11.4. The van der Waals surface area contributed by atoms with Crippen molar-refractivity contribution in [2.75, 3.05) is 18.9 Å². The zero-order chi connectivity index (χ0) is 13.7. The lowest BCUT2D eigenvalue weighted by atomic mass is 10.5. The molecule has 0 aliphatic heterocycles. The van der Waals surface area contributed by atoms with Gasteiger partial charge >= 0.3 is 0 Å². The lowest BCUT2D eigenvalue weighted by Gasteiger charge is -2.10. The van der Waals surface area contributed by atoms with Crippen LogP contribution in [-0.4, -0.2) is 36.8 Å². The van der Waals surface area contributed by atoms with Gasteiger partial charge in [-0.25, -0.2) is 18.1 Å². The van der Waals surface area contributed by atoms with E-state index in [1.54, 1.807) is 36.3 Å². The van der Waals surface area contributed by atoms with Gasteiger partial charge in [-0.1, -0.05) is 0 Å². The summed E-state index contributed by atoms with van der Waals surface area (Å²) in [5.74, 6) is 0.328. The number of sulfonamides is 1. The van der Waals surface area contributed by atoms with E-state index in [0.29, 0.717) is 12.4 Å². The van der Waals surface area contributed by atoms with Gasteiger partial charge in [0.25, 0.3) is 0 Å². The fourth-order valence-electron chi connectivity index (χ4n) is 1.60. The third-order valence-corrected chi connectivity index (χ3v) is 3.98. The van der Waals surface area contributed by atoms with Gasteiger partial charge in [-0.3, -0.25) is 4.68 Å². The maximum absolute atomic E-state index is 12.1. The molecule has 0 aromatic carbocycles. The number of nitrogens with one attached hydrogen (secondary N) is 2. The first-order valence-electron chi connectivity index (χ1n) is 5.73. The molecule has 0 aliphatic carbocycles. The Morgan fingerprint density at radius 2 is 2.16 bits per heavy atom. The number of hydrogen-bond donors (Lipinski definition) is 2. The average Bonchev–Trinajstić information content (AvgIpc) is 2.91. The van der Waals surface area contributed by atoms with Crippen LogP contribution in [0.15, 0.2) is 41.7 Å². The molecule has 0 spiro atoms. The van der Waals surface area contributed by atoms with Crippen molar-refractivity contribution < 1.29 is 8.42 Å². The molecule has 0 saturated heterocycles. The largest absolute Gasteiger partial charge is 0.372 e. The van der Waals surface area contributed by atoms with Crippen LogP contribution in [0.5, 0.6) is 0 Å². The molecule has 2 aromatic rings. The molecule has 2 rings (SSSR count). The van der Waals surface area contributed by atoms with Crippen LogP contribution in [0.4, 0.5) is 5.82 Å². The van der Waals surface area contributed by atoms with E-state index in [2.05, 4.69) is 20.1 Å². The Morgan fingerprint density at radius 1 is 1.32 bits per heavy atom. The van der Waals surface area contributed by atoms with E-state index in [-0.39, 0.29) is 11.4 Å². The van der Waals surface area contributed by atoms with Crippen LogP contribution in [-0.2, 0) is 16.6 Å². The molecule has 0 bridgehead atoms. The van der Waals surface area contributed by atoms with Crippen LogP contribution in [0, 0.1) is 0 Å². The minimum absolute atomic E-state index is 0.137. The van der Waals surface area contributed by atoms with E-state index < -0.39 is 10.0 Å². The third kappa shape index (κ3) is 3.30. The molecule has 0 aliphatic rings. The molecule has 0 atom stereocenters. The molecule has 7 nitrogen and oxygen atoms in total. The molecule has 0 amide bonds. The van der Waals surface area contributed by atoms with Gasteiger partial charge in [0, 0.05) is 32.2 Å². The Morgan fingerprint density at radius 3 is 2.84 bits per heavy atom. The van der Waals surface area contributed by atoms with Gasteiger partial charge in [-0.05, 0) is 18.2 Å². The Hall–Kier alpha value is -1.93. The van der Waals surface area contributed by atoms with Crippen molar-refractivity contribution in [1.29, 1.82) is 0 Å². The summed E-state index contributed by atoms with van der Waals surface area (Å²) in [6.07, 6.45) is 4.96. The van der Waals surface area contributed by atoms with Crippen molar-refractivity contribution in [3.05, 3.63) is 36.8 Å². The standard InChI is InChI=1S/C11H15N5O2S/c1-12-11-10(4-2-5-13-11)19(17,18)15-7-9-16-8-3-6-14-16/h2-6,8,15H,7,9H2,1H3,(H,12,13). The number of hydrogen-bond acceptors (Lipinski definition) is 5. The second kappa shape index (κ2) is 5.81. The molecule has 19 heavy (non-hydrogen) atoms. The molecule has 2 heterocycles. The third-order valence-electron chi connectivity index (χ3n) is 2.49. The molecular formula is C11H15N5O2S. The highest BCUT2D eigenvalue weighted by atomic mass is 32.2. The van der Waals surface area contributed by atoms with E-state index in [9.17, 15) is 8.42 Å². The summed E-state index contributed by atoms with van der Waals surface area (Å²) in [4.78, 5) is 4.11. The summed E-state index contributed by atoms with van der Waals surface area (Å²) in [6, 6.07) is 4.88. The lowest BCUT2D eigenvalue weighted by Crippen LogP contribution is -2.28. The maximum Gasteiger partial charge on any atom is 0.244 e. The first kappa shape index (κ1) is 13.5. The number of nitrogens with zero attached hydrogens (tertiary/aromatic N) is 3. The molecular weight excluding hydrogens is 266 g/mol. The zero-order valence-corrected chi connectivity index (χ0v) is 11.3. The summed E-state index contributed by atoms with van der Waals surface area (Å²) in [7, 11) is -1.94. The fraction of sp³-hybridized carbons (Fsp3) is 0.273. The predicted molar refractivity (Wildman–Crippen MR) is 71.2 cm³/mol. The van der Waals surface area contributed by atoms with Crippen LogP contribution >= 0.6 is 0 Å². The second-order valence-corrected chi connectivity index (χ2v) is 5.50. The van der Waals surface area contributed by atoms with E-state index in [1.165, 1.54) is 12.3 Å². The van der Waals surface area contributed by atoms with Gasteiger partial charge < -0.3 is 5.32 Å². The zero-order valence-electron chi connectivity index (χ0n) is 10.4. The summed E-state index contributed by atoms with van der Waals surface area (Å²) in [6.45, 7) is 0.740. The highest BCUT2D eigenvalue weighted by Crippen LogP contribution is 2.16. The Balaban J connectivity index is 2.05. The Kier molecular flexibility index (Phi) is 4.13. The maximum atomic E-state index is 12.1. The van der Waals surface area contributed by atoms with Crippen LogP contribution in [0.2, 0.25) is 0 Å². The Bertz CT molecular complexity index is 624. The molecule has 0 radical (unpaired) electrons. The highest BCUT2D eigenvalue weighted by Gasteiger charge is 2.17. The molecule has 102 valence electrons. The van der Waals surface area contributed by atoms with E-state index in [0.717, 1.165) is 0 Å². The van der Waals surface area contributed by atoms with Crippen LogP contribution in [0.3, 0.4) is 0 Å². The minimum atomic E-state index is -3.57. The SMILES string of the molecule is CNc1ncccc1S(=O)(=O)NCCn1cccn1. The first-order chi connectivity index (χ1) is 9.13.